The molecule has 3 aliphatic carbocycles. The number of nitrogens with zero attached hydrogens (tertiary/aromatic N) is 12. The molecule has 18 nitrogen and oxygen atoms in total. The summed E-state index contributed by atoms with van der Waals surface area (Å²) in [6.07, 6.45) is 5.96. The van der Waals surface area contributed by atoms with E-state index in [0.717, 1.165) is 115 Å². The molecule has 3 saturated carbocycles. The predicted molar refractivity (Wildman–Crippen MR) is 341 cm³/mol. The fourth-order valence-electron chi connectivity index (χ4n) is 13.3. The zero-order valence-electron chi connectivity index (χ0n) is 52.5. The van der Waals surface area contributed by atoms with E-state index in [9.17, 15) is 46.9 Å². The van der Waals surface area contributed by atoms with E-state index in [2.05, 4.69) is 70.9 Å². The molecule has 7 heterocycles. The first-order chi connectivity index (χ1) is 44.9. The molecular formula is C66H78BrCl3F6N13O5+. The molecule has 2 spiro atoms. The number of hydrogen-bond donors (Lipinski definition) is 1. The van der Waals surface area contributed by atoms with Gasteiger partial charge in [0.25, 0.3) is 0 Å². The summed E-state index contributed by atoms with van der Waals surface area (Å²) in [6.45, 7) is 9.09. The van der Waals surface area contributed by atoms with Crippen LogP contribution < -0.4 is 5.32 Å². The van der Waals surface area contributed by atoms with Gasteiger partial charge in [0.1, 0.15) is 24.0 Å². The summed E-state index contributed by atoms with van der Waals surface area (Å²) in [5.41, 5.74) is 2.55. The lowest BCUT2D eigenvalue weighted by Crippen LogP contribution is -2.54. The van der Waals surface area contributed by atoms with Gasteiger partial charge in [0, 0.05) is 115 Å². The van der Waals surface area contributed by atoms with Crippen molar-refractivity contribution in [3.8, 4) is 24.4 Å². The maximum absolute atomic E-state index is 13.0. The van der Waals surface area contributed by atoms with Crippen molar-refractivity contribution in [2.75, 3.05) is 57.9 Å². The average molecular weight is 1430 g/mol. The van der Waals surface area contributed by atoms with Crippen LogP contribution in [-0.2, 0) is 81.7 Å². The van der Waals surface area contributed by atoms with Crippen LogP contribution in [0.3, 0.4) is 0 Å². The number of rotatable bonds is 7. The Bertz CT molecular complexity index is 3460. The Morgan fingerprint density at radius 2 is 1.09 bits per heavy atom. The van der Waals surface area contributed by atoms with Crippen LogP contribution in [0.2, 0.25) is 15.1 Å². The first-order valence-corrected chi connectivity index (χ1v) is 34.0. The molecule has 5 aromatic rings. The molecular weight excluding hydrogens is 1360 g/mol. The Hall–Kier alpha value is -5.78. The van der Waals surface area contributed by atoms with Gasteiger partial charge in [0.15, 0.2) is 11.6 Å². The lowest BCUT2D eigenvalue weighted by Gasteiger charge is -2.42. The third-order valence-corrected chi connectivity index (χ3v) is 19.1. The number of nitriles is 4. The highest BCUT2D eigenvalue weighted by Crippen LogP contribution is 2.47. The van der Waals surface area contributed by atoms with E-state index >= 15 is 0 Å². The van der Waals surface area contributed by atoms with Crippen LogP contribution in [-0.4, -0.2) is 120 Å². The quantitative estimate of drug-likeness (QED) is 0.0692. The monoisotopic (exact) mass is 1430 g/mol. The first-order valence-electron chi connectivity index (χ1n) is 31.7. The molecule has 3 aromatic carbocycles. The molecule has 0 unspecified atom stereocenters. The number of aromatic nitrogens is 6. The normalized spacial score (nSPS) is 23.1. The summed E-state index contributed by atoms with van der Waals surface area (Å²) in [4.78, 5) is 13.4. The number of fused-ring (bicyclic) bond motifs is 2. The van der Waals surface area contributed by atoms with Gasteiger partial charge < -0.3 is 33.4 Å². The molecule has 0 bridgehead atoms. The predicted octanol–water partition coefficient (Wildman–Crippen LogP) is 13.9. The molecule has 5 aliphatic heterocycles. The van der Waals surface area contributed by atoms with Gasteiger partial charge in [-0.05, 0) is 98.9 Å². The summed E-state index contributed by atoms with van der Waals surface area (Å²) in [5.74, 6) is -1.32. The number of Topliss-reactive ketones (excluding diaryl/α,β-unsaturated/α-hetero) is 1. The van der Waals surface area contributed by atoms with E-state index in [1.807, 2.05) is 79.7 Å². The van der Waals surface area contributed by atoms with Crippen LogP contribution >= 0.6 is 50.7 Å². The number of benzene rings is 3. The summed E-state index contributed by atoms with van der Waals surface area (Å²) < 4.78 is 101. The van der Waals surface area contributed by atoms with Gasteiger partial charge >= 0.3 is 18.5 Å². The summed E-state index contributed by atoms with van der Waals surface area (Å²) in [7, 11) is 0. The van der Waals surface area contributed by atoms with Gasteiger partial charge in [0.05, 0.1) is 81.6 Å². The van der Waals surface area contributed by atoms with Crippen molar-refractivity contribution in [2.45, 2.75) is 172 Å². The Kier molecular flexibility index (Phi) is 26.3. The molecule has 0 radical (unpaired) electrons. The third-order valence-electron chi connectivity index (χ3n) is 18.4. The lowest BCUT2D eigenvalue weighted by molar-refractivity contribution is -0.884. The molecule has 6 fully saturated rings. The van der Waals surface area contributed by atoms with Crippen LogP contribution in [0.25, 0.3) is 0 Å². The van der Waals surface area contributed by atoms with Crippen LogP contribution in [0.5, 0.6) is 0 Å². The molecule has 94 heavy (non-hydrogen) atoms. The lowest BCUT2D eigenvalue weighted by atomic mass is 9.69. The van der Waals surface area contributed by atoms with Gasteiger partial charge in [-0.1, -0.05) is 94.1 Å². The van der Waals surface area contributed by atoms with E-state index in [0.29, 0.717) is 117 Å². The molecule has 8 aliphatic rings. The van der Waals surface area contributed by atoms with Crippen molar-refractivity contribution in [1.29, 1.82) is 21.0 Å². The number of ether oxygens (including phenoxy) is 4. The minimum absolute atomic E-state index is 0.225. The topological polar surface area (TPSA) is 226 Å². The number of quaternary nitrogens is 1. The second kappa shape index (κ2) is 33.5. The Morgan fingerprint density at radius 3 is 1.55 bits per heavy atom. The number of halogens is 10. The summed E-state index contributed by atoms with van der Waals surface area (Å²) in [6, 6.07) is 30.5. The van der Waals surface area contributed by atoms with Gasteiger partial charge in [-0.2, -0.15) is 42.1 Å². The molecule has 0 amide bonds. The largest absolute Gasteiger partial charge is 0.451 e. The number of carbonyl (C=O) groups is 1. The molecule has 28 heteroatoms. The zero-order chi connectivity index (χ0) is 67.6. The molecule has 1 N–H and O–H groups in total. The van der Waals surface area contributed by atoms with E-state index < -0.39 is 29.8 Å². The van der Waals surface area contributed by atoms with E-state index in [1.165, 1.54) is 4.57 Å². The fraction of sp³-hybridized carbons (Fsp3) is 0.591. The summed E-state index contributed by atoms with van der Waals surface area (Å²) in [5, 5.41) is 57.3. The Morgan fingerprint density at radius 1 is 0.628 bits per heavy atom. The molecule has 0 atom stereocenters. The fourth-order valence-corrected chi connectivity index (χ4v) is 13.9. The second-order valence-electron chi connectivity index (χ2n) is 24.9. The minimum atomic E-state index is -4.48. The molecule has 13 rings (SSSR count). The van der Waals surface area contributed by atoms with Crippen molar-refractivity contribution < 1.29 is 54.6 Å². The van der Waals surface area contributed by atoms with Gasteiger partial charge in [-0.3, -0.25) is 9.69 Å². The number of hydrogen-bond acceptors (Lipinski definition) is 15. The number of alkyl halides is 7. The van der Waals surface area contributed by atoms with E-state index in [4.69, 9.17) is 59.0 Å². The minimum Gasteiger partial charge on any atom is -0.348 e. The number of carbonyl (C=O) groups excluding carboxylic acids is 1. The van der Waals surface area contributed by atoms with Crippen LogP contribution in [0.4, 0.5) is 26.3 Å². The summed E-state index contributed by atoms with van der Waals surface area (Å²) >= 11 is 21.2. The van der Waals surface area contributed by atoms with Crippen molar-refractivity contribution >= 4 is 56.5 Å². The maximum atomic E-state index is 13.0. The van der Waals surface area contributed by atoms with Crippen molar-refractivity contribution in [2.24, 2.45) is 16.7 Å². The number of likely N-dealkylation sites (tertiary alicyclic amines) is 1. The van der Waals surface area contributed by atoms with Crippen LogP contribution in [0, 0.1) is 62.2 Å². The SMILES string of the molecule is CCBr.FC(F)(F)c1nnc2n1CCNC2.N#CC1(Cc2cccc(Cl)c2)CCC(=O)CC1.N#CC1(Cc2cccc(Cl)c2)CCC2(CC1)OCCO2.N#CC1CCC2(CC1)OCCO2.N#C[N+]1(Cc2cccc(Cl)c2)CCC(N2CCn3c(nnc3C(F)(F)F)C2)CC1. The number of ketones is 1. The molecule has 506 valence electrons. The van der Waals surface area contributed by atoms with E-state index in [-0.39, 0.29) is 47.4 Å². The highest BCUT2D eigenvalue weighted by Gasteiger charge is 2.48. The van der Waals surface area contributed by atoms with Crippen molar-refractivity contribution in [3.05, 3.63) is 128 Å². The Labute approximate surface area is 568 Å². The standard InChI is InChI=1S/C19H21ClF3N6.C16H18ClNO2.C14H14ClNO.C9H13NO2.C6H7F3N4.C2H5Br/c20-15-3-1-2-14(10-15)12-29(13-24)8-4-16(5-9-29)27-6-7-28-17(11-27)25-26-18(28)19(21,22)23;17-14-3-1-2-13(10-14)11-15(12-18)4-6-16(7-5-15)19-8-9-20-16;15-12-3-1-2-11(8-12)9-14(10-16)6-4-13(17)5-7-14;10-7-8-1-3-9(4-2-8)11-5-6-12-9;7-6(8,9)5-12-11-4-3-10-1-2-13(4)5;1-2-3/h1-3,10,16H,4-9,11-12H2;1-3,10H,4-9,11H2;1-3,8H,4-7,9H2;8H,1-6H2;10H,1-3H2;2H2,1H3/q+1;;;;;. The number of piperidine rings is 1. The smallest absolute Gasteiger partial charge is 0.348 e. The zero-order valence-corrected chi connectivity index (χ0v) is 56.3. The van der Waals surface area contributed by atoms with Crippen molar-refractivity contribution in [3.63, 3.8) is 0 Å². The third kappa shape index (κ3) is 20.2. The maximum Gasteiger partial charge on any atom is 0.451 e. The Balaban J connectivity index is 0.000000154. The van der Waals surface area contributed by atoms with Crippen molar-refractivity contribution in [1.82, 2.24) is 39.7 Å². The van der Waals surface area contributed by atoms with Gasteiger partial charge in [0.2, 0.25) is 11.6 Å². The average Bonchev–Trinajstić information content (AvgIpc) is 1.45. The van der Waals surface area contributed by atoms with Crippen LogP contribution in [0.15, 0.2) is 72.8 Å². The highest BCUT2D eigenvalue weighted by molar-refractivity contribution is 9.09. The second-order valence-corrected chi connectivity index (χ2v) is 27.3. The van der Waals surface area contributed by atoms with Gasteiger partial charge in [-0.25, -0.2) is 4.48 Å². The van der Waals surface area contributed by atoms with Gasteiger partial charge in [-0.15, -0.1) is 25.7 Å². The van der Waals surface area contributed by atoms with E-state index in [1.54, 1.807) is 0 Å². The van der Waals surface area contributed by atoms with Crippen LogP contribution in [0.1, 0.15) is 137 Å². The molecule has 3 saturated heterocycles. The number of nitrogens with one attached hydrogen (secondary N) is 1. The highest BCUT2D eigenvalue weighted by atomic mass is 79.9. The first kappa shape index (κ1) is 74.0. The molecule has 2 aromatic heterocycles.